The van der Waals surface area contributed by atoms with Crippen LogP contribution < -0.4 is 10.6 Å². The van der Waals surface area contributed by atoms with E-state index in [1.807, 2.05) is 18.2 Å². The van der Waals surface area contributed by atoms with Crippen molar-refractivity contribution in [3.8, 4) is 28.5 Å². The second kappa shape index (κ2) is 7.46. The molecule has 0 bridgehead atoms. The summed E-state index contributed by atoms with van der Waals surface area (Å²) in [5.74, 6) is 0.244. The van der Waals surface area contributed by atoms with Gasteiger partial charge in [-0.2, -0.15) is 5.26 Å². The predicted octanol–water partition coefficient (Wildman–Crippen LogP) is 4.25. The summed E-state index contributed by atoms with van der Waals surface area (Å²) in [7, 11) is 0. The van der Waals surface area contributed by atoms with Gasteiger partial charge in [0, 0.05) is 47.9 Å². The molecule has 0 spiro atoms. The van der Waals surface area contributed by atoms with Crippen LogP contribution in [0.5, 0.6) is 0 Å². The Hall–Kier alpha value is -3.39. The first-order valence-corrected chi connectivity index (χ1v) is 9.22. The van der Waals surface area contributed by atoms with E-state index in [1.165, 1.54) is 24.9 Å². The molecule has 2 aromatic heterocycles. The molecule has 2 N–H and O–H groups in total. The number of rotatable bonds is 3. The number of aromatic nitrogens is 2. The van der Waals surface area contributed by atoms with Crippen LogP contribution in [0.25, 0.3) is 22.4 Å². The molecule has 1 aliphatic rings. The van der Waals surface area contributed by atoms with Crippen molar-refractivity contribution in [2.45, 2.75) is 19.3 Å². The average molecular weight is 355 g/mol. The van der Waals surface area contributed by atoms with E-state index >= 15 is 0 Å². The van der Waals surface area contributed by atoms with E-state index in [0.717, 1.165) is 35.5 Å². The summed E-state index contributed by atoms with van der Waals surface area (Å²) in [6.07, 6.45) is 7.27. The van der Waals surface area contributed by atoms with Crippen LogP contribution >= 0.6 is 0 Å². The topological polar surface area (TPSA) is 78.8 Å². The lowest BCUT2D eigenvalue weighted by molar-refractivity contribution is 0.578. The Morgan fingerprint density at radius 2 is 1.78 bits per heavy atom. The lowest BCUT2D eigenvalue weighted by Crippen LogP contribution is -2.29. The van der Waals surface area contributed by atoms with Crippen molar-refractivity contribution in [2.24, 2.45) is 0 Å². The van der Waals surface area contributed by atoms with Gasteiger partial charge in [0.25, 0.3) is 0 Å². The molecule has 5 nitrogen and oxygen atoms in total. The van der Waals surface area contributed by atoms with Crippen molar-refractivity contribution in [3.63, 3.8) is 0 Å². The fraction of sp³-hybridized carbons (Fsp3) is 0.227. The smallest absolute Gasteiger partial charge is 0.142 e. The maximum atomic E-state index is 9.51. The molecule has 3 aromatic rings. The van der Waals surface area contributed by atoms with Crippen LogP contribution in [0.2, 0.25) is 0 Å². The number of nitrogens with zero attached hydrogens (tertiary/aromatic N) is 4. The number of pyridine rings is 2. The molecule has 0 aliphatic carbocycles. The Bertz CT molecular complexity index is 968. The lowest BCUT2D eigenvalue weighted by atomic mass is 9.99. The first-order valence-electron chi connectivity index (χ1n) is 9.22. The van der Waals surface area contributed by atoms with Gasteiger partial charge in [0.15, 0.2) is 0 Å². The highest BCUT2D eigenvalue weighted by Crippen LogP contribution is 2.31. The van der Waals surface area contributed by atoms with E-state index in [2.05, 4.69) is 45.2 Å². The van der Waals surface area contributed by atoms with Crippen molar-refractivity contribution in [2.75, 3.05) is 23.7 Å². The van der Waals surface area contributed by atoms with Gasteiger partial charge in [-0.05, 0) is 43.5 Å². The highest BCUT2D eigenvalue weighted by Gasteiger charge is 2.15. The Morgan fingerprint density at radius 1 is 1.00 bits per heavy atom. The van der Waals surface area contributed by atoms with Gasteiger partial charge in [0.1, 0.15) is 17.5 Å². The van der Waals surface area contributed by atoms with Gasteiger partial charge in [0.05, 0.1) is 5.69 Å². The number of benzene rings is 1. The molecule has 3 heterocycles. The minimum Gasteiger partial charge on any atom is -0.383 e. The third kappa shape index (κ3) is 3.47. The van der Waals surface area contributed by atoms with Gasteiger partial charge in [-0.1, -0.05) is 18.2 Å². The summed E-state index contributed by atoms with van der Waals surface area (Å²) in [6.45, 7) is 2.24. The van der Waals surface area contributed by atoms with Crippen molar-refractivity contribution >= 4 is 11.5 Å². The third-order valence-electron chi connectivity index (χ3n) is 5.02. The van der Waals surface area contributed by atoms with Crippen LogP contribution in [0.4, 0.5) is 11.5 Å². The first-order chi connectivity index (χ1) is 13.3. The van der Waals surface area contributed by atoms with Crippen molar-refractivity contribution in [3.05, 3.63) is 60.4 Å². The molecule has 4 rings (SSSR count). The minimum absolute atomic E-state index is 0.244. The molecular weight excluding hydrogens is 334 g/mol. The van der Waals surface area contributed by atoms with Crippen LogP contribution in [-0.4, -0.2) is 23.1 Å². The monoisotopic (exact) mass is 355 g/mol. The van der Waals surface area contributed by atoms with Crippen LogP contribution in [0.15, 0.2) is 54.9 Å². The van der Waals surface area contributed by atoms with Crippen molar-refractivity contribution in [1.82, 2.24) is 9.97 Å². The summed E-state index contributed by atoms with van der Waals surface area (Å²) in [5.41, 5.74) is 11.1. The van der Waals surface area contributed by atoms with Crippen LogP contribution in [0.3, 0.4) is 0 Å². The van der Waals surface area contributed by atoms with Crippen molar-refractivity contribution in [1.29, 1.82) is 5.26 Å². The van der Waals surface area contributed by atoms with Gasteiger partial charge < -0.3 is 10.6 Å². The van der Waals surface area contributed by atoms with E-state index in [4.69, 9.17) is 5.73 Å². The quantitative estimate of drug-likeness (QED) is 0.759. The summed E-state index contributed by atoms with van der Waals surface area (Å²) in [4.78, 5) is 11.0. The largest absolute Gasteiger partial charge is 0.383 e. The number of nitriles is 1. The van der Waals surface area contributed by atoms with E-state index in [9.17, 15) is 5.26 Å². The number of hydrogen-bond acceptors (Lipinski definition) is 5. The van der Waals surface area contributed by atoms with Gasteiger partial charge in [-0.25, -0.2) is 4.98 Å². The maximum Gasteiger partial charge on any atom is 0.142 e. The van der Waals surface area contributed by atoms with E-state index in [0.29, 0.717) is 5.56 Å². The van der Waals surface area contributed by atoms with E-state index in [-0.39, 0.29) is 5.82 Å². The number of nitrogens with two attached hydrogens (primary N) is 1. The maximum absolute atomic E-state index is 9.51. The zero-order valence-corrected chi connectivity index (χ0v) is 15.1. The number of hydrogen-bond donors (Lipinski definition) is 1. The Kier molecular flexibility index (Phi) is 4.71. The molecule has 134 valence electrons. The second-order valence-electron chi connectivity index (χ2n) is 6.76. The standard InChI is InChI=1S/C22H21N5/c23-14-20-19(17-5-4-10-25-15-17)13-21(26-22(20)24)16-6-8-18(9-7-16)27-11-2-1-3-12-27/h4-10,13,15H,1-3,11-12H2,(H2,24,26). The molecule has 5 heteroatoms. The first kappa shape index (κ1) is 17.0. The summed E-state index contributed by atoms with van der Waals surface area (Å²) in [5, 5.41) is 9.51. The van der Waals surface area contributed by atoms with Crippen LogP contribution in [-0.2, 0) is 0 Å². The van der Waals surface area contributed by atoms with E-state index in [1.54, 1.807) is 12.4 Å². The molecule has 1 aromatic carbocycles. The fourth-order valence-electron chi connectivity index (χ4n) is 3.58. The van der Waals surface area contributed by atoms with Gasteiger partial charge in [-0.3, -0.25) is 4.98 Å². The molecule has 0 atom stereocenters. The number of piperidine rings is 1. The minimum atomic E-state index is 0.244. The molecule has 1 saturated heterocycles. The highest BCUT2D eigenvalue weighted by atomic mass is 15.1. The SMILES string of the molecule is N#Cc1c(-c2cccnc2)cc(-c2ccc(N3CCCCC3)cc2)nc1N. The van der Waals surface area contributed by atoms with Crippen LogP contribution in [0.1, 0.15) is 24.8 Å². The van der Waals surface area contributed by atoms with Crippen molar-refractivity contribution < 1.29 is 0 Å². The Morgan fingerprint density at radius 3 is 2.44 bits per heavy atom. The third-order valence-corrected chi connectivity index (χ3v) is 5.02. The zero-order chi connectivity index (χ0) is 18.6. The summed E-state index contributed by atoms with van der Waals surface area (Å²) in [6, 6.07) is 16.3. The van der Waals surface area contributed by atoms with E-state index < -0.39 is 0 Å². The molecule has 27 heavy (non-hydrogen) atoms. The molecule has 0 unspecified atom stereocenters. The molecule has 1 aliphatic heterocycles. The highest BCUT2D eigenvalue weighted by molar-refractivity contribution is 5.80. The zero-order valence-electron chi connectivity index (χ0n) is 15.1. The molecule has 0 saturated carbocycles. The van der Waals surface area contributed by atoms with Crippen LogP contribution in [0, 0.1) is 11.3 Å². The molecule has 1 fully saturated rings. The van der Waals surface area contributed by atoms with Gasteiger partial charge in [0.2, 0.25) is 0 Å². The normalized spacial score (nSPS) is 14.0. The van der Waals surface area contributed by atoms with Gasteiger partial charge in [-0.15, -0.1) is 0 Å². The molecule has 0 radical (unpaired) electrons. The predicted molar refractivity (Wildman–Crippen MR) is 108 cm³/mol. The summed E-state index contributed by atoms with van der Waals surface area (Å²) < 4.78 is 0. The molecular formula is C22H21N5. The second-order valence-corrected chi connectivity index (χ2v) is 6.76. The number of anilines is 2. The Balaban J connectivity index is 1.72. The lowest BCUT2D eigenvalue weighted by Gasteiger charge is -2.28. The average Bonchev–Trinajstić information content (AvgIpc) is 2.74. The number of nitrogen functional groups attached to an aromatic ring is 1. The van der Waals surface area contributed by atoms with Gasteiger partial charge >= 0.3 is 0 Å². The summed E-state index contributed by atoms with van der Waals surface area (Å²) >= 11 is 0. The Labute approximate surface area is 159 Å². The molecule has 0 amide bonds. The fourth-order valence-corrected chi connectivity index (χ4v) is 3.58.